The number of aromatic amines is 1. The zero-order valence-corrected chi connectivity index (χ0v) is 10.7. The first-order valence-electron chi connectivity index (χ1n) is 6.04. The summed E-state index contributed by atoms with van der Waals surface area (Å²) in [6, 6.07) is 3.69. The van der Waals surface area contributed by atoms with Crippen molar-refractivity contribution in [1.82, 2.24) is 24.5 Å². The van der Waals surface area contributed by atoms with Crippen molar-refractivity contribution in [3.05, 3.63) is 47.0 Å². The number of imidazole rings is 1. The molecular weight excluding hydrogens is 242 g/mol. The molecule has 6 nitrogen and oxygen atoms in total. The summed E-state index contributed by atoms with van der Waals surface area (Å²) in [5.74, 6) is 0.220. The van der Waals surface area contributed by atoms with Gasteiger partial charge in [-0.15, -0.1) is 0 Å². The summed E-state index contributed by atoms with van der Waals surface area (Å²) in [4.78, 5) is 27.2. The molecule has 0 saturated carbocycles. The van der Waals surface area contributed by atoms with Crippen molar-refractivity contribution in [1.29, 1.82) is 0 Å². The lowest BCUT2D eigenvalue weighted by molar-refractivity contribution is 0.801. The third-order valence-electron chi connectivity index (χ3n) is 2.97. The minimum atomic E-state index is -0.231. The Morgan fingerprint density at radius 1 is 1.32 bits per heavy atom. The van der Waals surface area contributed by atoms with Crippen LogP contribution in [-0.2, 0) is 0 Å². The van der Waals surface area contributed by atoms with Crippen molar-refractivity contribution in [2.45, 2.75) is 19.8 Å². The summed E-state index contributed by atoms with van der Waals surface area (Å²) >= 11 is 0. The molecule has 0 bridgehead atoms. The Bertz CT molecular complexity index is 787. The Balaban J connectivity index is 2.37. The maximum absolute atomic E-state index is 12.1. The summed E-state index contributed by atoms with van der Waals surface area (Å²) in [5.41, 5.74) is 2.59. The molecule has 0 aliphatic carbocycles. The second-order valence-corrected chi connectivity index (χ2v) is 4.58. The Morgan fingerprint density at radius 2 is 2.16 bits per heavy atom. The van der Waals surface area contributed by atoms with E-state index in [0.717, 1.165) is 11.4 Å². The SMILES string of the molecule is CC(C)c1ncccc1-n1c(=O)[nH]c2ncncc21. The van der Waals surface area contributed by atoms with Gasteiger partial charge in [0, 0.05) is 6.20 Å². The highest BCUT2D eigenvalue weighted by Crippen LogP contribution is 2.21. The predicted molar refractivity (Wildman–Crippen MR) is 71.4 cm³/mol. The van der Waals surface area contributed by atoms with Gasteiger partial charge in [-0.1, -0.05) is 13.8 Å². The van der Waals surface area contributed by atoms with E-state index in [-0.39, 0.29) is 11.6 Å². The predicted octanol–water partition coefficient (Wildman–Crippen LogP) is 1.63. The molecule has 0 aromatic carbocycles. The number of H-pyrrole nitrogens is 1. The van der Waals surface area contributed by atoms with Gasteiger partial charge in [0.15, 0.2) is 5.65 Å². The monoisotopic (exact) mass is 255 g/mol. The Morgan fingerprint density at radius 3 is 2.95 bits per heavy atom. The Labute approximate surface area is 109 Å². The van der Waals surface area contributed by atoms with Crippen molar-refractivity contribution in [2.24, 2.45) is 0 Å². The molecule has 1 N–H and O–H groups in total. The van der Waals surface area contributed by atoms with E-state index in [1.165, 1.54) is 6.33 Å². The van der Waals surface area contributed by atoms with E-state index in [0.29, 0.717) is 11.2 Å². The minimum Gasteiger partial charge on any atom is -0.290 e. The lowest BCUT2D eigenvalue weighted by atomic mass is 10.1. The van der Waals surface area contributed by atoms with Gasteiger partial charge in [0.2, 0.25) is 0 Å². The van der Waals surface area contributed by atoms with Gasteiger partial charge < -0.3 is 0 Å². The van der Waals surface area contributed by atoms with Gasteiger partial charge in [0.05, 0.1) is 17.6 Å². The summed E-state index contributed by atoms with van der Waals surface area (Å²) in [5, 5.41) is 0. The van der Waals surface area contributed by atoms with Crippen LogP contribution in [0, 0.1) is 0 Å². The minimum absolute atomic E-state index is 0.220. The van der Waals surface area contributed by atoms with Crippen LogP contribution in [0.15, 0.2) is 35.6 Å². The second kappa shape index (κ2) is 4.31. The molecule has 0 amide bonds. The quantitative estimate of drug-likeness (QED) is 0.755. The number of rotatable bonds is 2. The van der Waals surface area contributed by atoms with Crippen LogP contribution in [-0.4, -0.2) is 24.5 Å². The molecule has 3 aromatic heterocycles. The molecule has 0 unspecified atom stereocenters. The zero-order chi connectivity index (χ0) is 13.4. The zero-order valence-electron chi connectivity index (χ0n) is 10.7. The third-order valence-corrected chi connectivity index (χ3v) is 2.97. The van der Waals surface area contributed by atoms with Crippen LogP contribution in [0.25, 0.3) is 16.9 Å². The number of nitrogens with zero attached hydrogens (tertiary/aromatic N) is 4. The molecule has 0 aliphatic rings. The van der Waals surface area contributed by atoms with Gasteiger partial charge in [0.1, 0.15) is 11.8 Å². The van der Waals surface area contributed by atoms with E-state index in [1.54, 1.807) is 17.0 Å². The fourth-order valence-corrected chi connectivity index (χ4v) is 2.13. The van der Waals surface area contributed by atoms with Crippen molar-refractivity contribution in [3.8, 4) is 5.69 Å². The van der Waals surface area contributed by atoms with Gasteiger partial charge in [-0.05, 0) is 18.1 Å². The number of pyridine rings is 1. The van der Waals surface area contributed by atoms with Gasteiger partial charge >= 0.3 is 5.69 Å². The Hall–Kier alpha value is -2.50. The molecule has 0 spiro atoms. The van der Waals surface area contributed by atoms with Crippen LogP contribution < -0.4 is 5.69 Å². The first kappa shape index (κ1) is 11.6. The largest absolute Gasteiger partial charge is 0.332 e. The smallest absolute Gasteiger partial charge is 0.290 e. The van der Waals surface area contributed by atoms with Crippen molar-refractivity contribution in [2.75, 3.05) is 0 Å². The number of fused-ring (bicyclic) bond motifs is 1. The van der Waals surface area contributed by atoms with Crippen LogP contribution >= 0.6 is 0 Å². The maximum Gasteiger partial charge on any atom is 0.332 e. The number of hydrogen-bond acceptors (Lipinski definition) is 4. The van der Waals surface area contributed by atoms with Crippen molar-refractivity contribution >= 4 is 11.2 Å². The lowest BCUT2D eigenvalue weighted by Gasteiger charge is -2.11. The van der Waals surface area contributed by atoms with E-state index in [1.807, 2.05) is 26.0 Å². The molecule has 6 heteroatoms. The lowest BCUT2D eigenvalue weighted by Crippen LogP contribution is -2.17. The molecule has 3 heterocycles. The molecule has 0 aliphatic heterocycles. The van der Waals surface area contributed by atoms with E-state index >= 15 is 0 Å². The average Bonchev–Trinajstić information content (AvgIpc) is 2.74. The number of nitrogens with one attached hydrogen (secondary N) is 1. The highest BCUT2D eigenvalue weighted by Gasteiger charge is 2.15. The molecule has 3 aromatic rings. The standard InChI is InChI=1S/C13H13N5O/c1-8(2)11-9(4-3-5-15-11)18-10-6-14-7-16-12(10)17-13(18)19/h3-8H,1-2H3,(H,14,16,17,19). The summed E-state index contributed by atoms with van der Waals surface area (Å²) in [6.07, 6.45) is 4.77. The molecule has 19 heavy (non-hydrogen) atoms. The summed E-state index contributed by atoms with van der Waals surface area (Å²) < 4.78 is 1.57. The second-order valence-electron chi connectivity index (χ2n) is 4.58. The first-order chi connectivity index (χ1) is 9.18. The molecule has 3 rings (SSSR count). The molecule has 0 atom stereocenters. The van der Waals surface area contributed by atoms with Crippen LogP contribution in [0.2, 0.25) is 0 Å². The van der Waals surface area contributed by atoms with Gasteiger partial charge in [0.25, 0.3) is 0 Å². The highest BCUT2D eigenvalue weighted by atomic mass is 16.1. The van der Waals surface area contributed by atoms with E-state index in [4.69, 9.17) is 0 Å². The van der Waals surface area contributed by atoms with Gasteiger partial charge in [-0.25, -0.2) is 14.8 Å². The first-order valence-corrected chi connectivity index (χ1v) is 6.04. The highest BCUT2D eigenvalue weighted by molar-refractivity contribution is 5.72. The topological polar surface area (TPSA) is 76.5 Å². The average molecular weight is 255 g/mol. The van der Waals surface area contributed by atoms with Crippen LogP contribution in [0.5, 0.6) is 0 Å². The number of hydrogen-bond donors (Lipinski definition) is 1. The Kier molecular flexibility index (Phi) is 2.63. The van der Waals surface area contributed by atoms with Crippen molar-refractivity contribution in [3.63, 3.8) is 0 Å². The fourth-order valence-electron chi connectivity index (χ4n) is 2.13. The summed E-state index contributed by atoms with van der Waals surface area (Å²) in [7, 11) is 0. The van der Waals surface area contributed by atoms with E-state index in [9.17, 15) is 4.79 Å². The summed E-state index contributed by atoms with van der Waals surface area (Å²) in [6.45, 7) is 4.09. The number of aromatic nitrogens is 5. The van der Waals surface area contributed by atoms with E-state index in [2.05, 4.69) is 19.9 Å². The van der Waals surface area contributed by atoms with Crippen LogP contribution in [0.1, 0.15) is 25.5 Å². The fraction of sp³-hybridized carbons (Fsp3) is 0.231. The van der Waals surface area contributed by atoms with E-state index < -0.39 is 0 Å². The van der Waals surface area contributed by atoms with Gasteiger partial charge in [-0.2, -0.15) is 0 Å². The van der Waals surface area contributed by atoms with Crippen LogP contribution in [0.4, 0.5) is 0 Å². The molecule has 0 radical (unpaired) electrons. The molecule has 0 fully saturated rings. The molecule has 96 valence electrons. The van der Waals surface area contributed by atoms with Gasteiger partial charge in [-0.3, -0.25) is 14.5 Å². The van der Waals surface area contributed by atoms with Crippen molar-refractivity contribution < 1.29 is 0 Å². The van der Waals surface area contributed by atoms with Crippen LogP contribution in [0.3, 0.4) is 0 Å². The normalized spacial score (nSPS) is 11.3. The maximum atomic E-state index is 12.1. The molecular formula is C13H13N5O. The molecule has 0 saturated heterocycles. The third kappa shape index (κ3) is 1.81.